The summed E-state index contributed by atoms with van der Waals surface area (Å²) in [5.41, 5.74) is 1.95. The lowest BCUT2D eigenvalue weighted by Gasteiger charge is -2.22. The van der Waals surface area contributed by atoms with E-state index in [2.05, 4.69) is 9.97 Å². The normalized spacial score (nSPS) is 11.8. The first-order valence-corrected chi connectivity index (χ1v) is 9.84. The molecule has 0 aliphatic rings. The van der Waals surface area contributed by atoms with Crippen LogP contribution in [0, 0.1) is 6.92 Å². The molecule has 2 aromatic heterocycles. The van der Waals surface area contributed by atoms with Gasteiger partial charge in [-0.3, -0.25) is 4.98 Å². The summed E-state index contributed by atoms with van der Waals surface area (Å²) in [6.45, 7) is 2.44. The first-order chi connectivity index (χ1) is 12.5. The second-order valence-corrected chi connectivity index (χ2v) is 8.02. The van der Waals surface area contributed by atoms with Gasteiger partial charge in [-0.1, -0.05) is 36.4 Å². The highest BCUT2D eigenvalue weighted by Gasteiger charge is 2.28. The molecule has 0 aliphatic heterocycles. The van der Waals surface area contributed by atoms with Gasteiger partial charge in [0.15, 0.2) is 5.03 Å². The number of imidazole rings is 1. The van der Waals surface area contributed by atoms with E-state index in [-0.39, 0.29) is 11.6 Å². The number of hydrogen-bond acceptors (Lipinski definition) is 4. The third-order valence-electron chi connectivity index (χ3n) is 4.36. The Kier molecular flexibility index (Phi) is 5.49. The summed E-state index contributed by atoms with van der Waals surface area (Å²) in [5, 5.41) is 0.201. The minimum Gasteiger partial charge on any atom is -0.321 e. The molecule has 0 spiro atoms. The van der Waals surface area contributed by atoms with Crippen molar-refractivity contribution in [2.75, 3.05) is 6.54 Å². The average Bonchev–Trinajstić information content (AvgIpc) is 3.00. The molecule has 0 N–H and O–H groups in total. The van der Waals surface area contributed by atoms with E-state index >= 15 is 0 Å². The molecule has 7 heteroatoms. The van der Waals surface area contributed by atoms with Gasteiger partial charge in [0.25, 0.3) is 10.0 Å². The summed E-state index contributed by atoms with van der Waals surface area (Å²) in [7, 11) is -1.96. The maximum atomic E-state index is 13.2. The zero-order valence-electron chi connectivity index (χ0n) is 14.9. The highest BCUT2D eigenvalue weighted by Crippen LogP contribution is 2.19. The summed E-state index contributed by atoms with van der Waals surface area (Å²) in [4.78, 5) is 8.23. The number of aromatic nitrogens is 3. The van der Waals surface area contributed by atoms with E-state index in [1.54, 1.807) is 30.9 Å². The fourth-order valence-electron chi connectivity index (χ4n) is 2.73. The Bertz CT molecular complexity index is 954. The number of rotatable bonds is 7. The standard InChI is InChI=1S/C19H22N4O2S/c1-16-21-14-19(22(16)2)26(24,25)23(15-18-9-6-11-20-13-18)12-10-17-7-4-3-5-8-17/h3-9,11,13-14H,10,12,15H2,1-2H3. The van der Waals surface area contributed by atoms with Crippen molar-refractivity contribution in [3.8, 4) is 0 Å². The van der Waals surface area contributed by atoms with Crippen molar-refractivity contribution in [3.63, 3.8) is 0 Å². The van der Waals surface area contributed by atoms with Crippen LogP contribution in [0.25, 0.3) is 0 Å². The molecule has 0 saturated carbocycles. The molecule has 136 valence electrons. The maximum Gasteiger partial charge on any atom is 0.260 e. The number of aryl methyl sites for hydroxylation is 1. The number of hydrogen-bond donors (Lipinski definition) is 0. The van der Waals surface area contributed by atoms with Gasteiger partial charge in [0.05, 0.1) is 6.20 Å². The monoisotopic (exact) mass is 370 g/mol. The van der Waals surface area contributed by atoms with E-state index < -0.39 is 10.0 Å². The summed E-state index contributed by atoms with van der Waals surface area (Å²) < 4.78 is 29.6. The van der Waals surface area contributed by atoms with Crippen molar-refractivity contribution in [2.45, 2.75) is 24.9 Å². The van der Waals surface area contributed by atoms with Gasteiger partial charge in [-0.15, -0.1) is 0 Å². The second-order valence-electron chi connectivity index (χ2n) is 6.14. The fourth-order valence-corrected chi connectivity index (χ4v) is 4.31. The lowest BCUT2D eigenvalue weighted by molar-refractivity contribution is 0.404. The average molecular weight is 370 g/mol. The van der Waals surface area contributed by atoms with E-state index in [1.165, 1.54) is 10.5 Å². The highest BCUT2D eigenvalue weighted by atomic mass is 32.2. The van der Waals surface area contributed by atoms with E-state index in [0.29, 0.717) is 18.8 Å². The molecule has 0 aliphatic carbocycles. The van der Waals surface area contributed by atoms with Crippen molar-refractivity contribution in [3.05, 3.63) is 78.0 Å². The van der Waals surface area contributed by atoms with Gasteiger partial charge in [-0.25, -0.2) is 13.4 Å². The zero-order valence-corrected chi connectivity index (χ0v) is 15.7. The van der Waals surface area contributed by atoms with Crippen LogP contribution in [0.3, 0.4) is 0 Å². The Hall–Kier alpha value is -2.51. The number of pyridine rings is 1. The first-order valence-electron chi connectivity index (χ1n) is 8.40. The molecule has 3 aromatic rings. The van der Waals surface area contributed by atoms with Gasteiger partial charge < -0.3 is 4.57 Å². The summed E-state index contributed by atoms with van der Waals surface area (Å²) in [5.74, 6) is 0.660. The van der Waals surface area contributed by atoms with Crippen LogP contribution in [0.15, 0.2) is 66.1 Å². The van der Waals surface area contributed by atoms with Crippen molar-refractivity contribution < 1.29 is 8.42 Å². The number of sulfonamides is 1. The molecule has 26 heavy (non-hydrogen) atoms. The third kappa shape index (κ3) is 4.00. The van der Waals surface area contributed by atoms with Gasteiger partial charge in [-0.2, -0.15) is 4.31 Å². The molecule has 0 atom stereocenters. The predicted octanol–water partition coefficient (Wildman–Crippen LogP) is 2.56. The van der Waals surface area contributed by atoms with Crippen LogP contribution in [0.1, 0.15) is 17.0 Å². The van der Waals surface area contributed by atoms with Crippen molar-refractivity contribution in [2.24, 2.45) is 7.05 Å². The minimum atomic E-state index is -3.67. The molecule has 0 saturated heterocycles. The quantitative estimate of drug-likeness (QED) is 0.641. The molecule has 0 radical (unpaired) electrons. The van der Waals surface area contributed by atoms with Crippen LogP contribution in [0.2, 0.25) is 0 Å². The molecule has 0 bridgehead atoms. The molecule has 2 heterocycles. The number of benzene rings is 1. The Morgan fingerprint density at radius 1 is 1.04 bits per heavy atom. The second kappa shape index (κ2) is 7.80. The van der Waals surface area contributed by atoms with E-state index in [1.807, 2.05) is 42.5 Å². The van der Waals surface area contributed by atoms with Crippen molar-refractivity contribution in [1.29, 1.82) is 0 Å². The van der Waals surface area contributed by atoms with Crippen LogP contribution in [-0.2, 0) is 30.0 Å². The van der Waals surface area contributed by atoms with Crippen molar-refractivity contribution in [1.82, 2.24) is 18.8 Å². The topological polar surface area (TPSA) is 68.1 Å². The first kappa shape index (κ1) is 18.3. The molecular formula is C19H22N4O2S. The van der Waals surface area contributed by atoms with Gasteiger partial charge in [0.2, 0.25) is 0 Å². The van der Waals surface area contributed by atoms with Crippen LogP contribution in [0.4, 0.5) is 0 Å². The smallest absolute Gasteiger partial charge is 0.260 e. The minimum absolute atomic E-state index is 0.201. The molecular weight excluding hydrogens is 348 g/mol. The van der Waals surface area contributed by atoms with Gasteiger partial charge >= 0.3 is 0 Å². The van der Waals surface area contributed by atoms with Crippen LogP contribution in [-0.4, -0.2) is 33.8 Å². The Balaban J connectivity index is 1.90. The summed E-state index contributed by atoms with van der Waals surface area (Å²) >= 11 is 0. The fraction of sp³-hybridized carbons (Fsp3) is 0.263. The summed E-state index contributed by atoms with van der Waals surface area (Å²) in [6.07, 6.45) is 5.43. The lowest BCUT2D eigenvalue weighted by Crippen LogP contribution is -2.33. The molecule has 6 nitrogen and oxygen atoms in total. The molecule has 0 unspecified atom stereocenters. The molecule has 0 amide bonds. The third-order valence-corrected chi connectivity index (χ3v) is 6.26. The molecule has 0 fully saturated rings. The number of nitrogens with zero attached hydrogens (tertiary/aromatic N) is 4. The lowest BCUT2D eigenvalue weighted by atomic mass is 10.1. The van der Waals surface area contributed by atoms with Crippen LogP contribution in [0.5, 0.6) is 0 Å². The molecule has 1 aromatic carbocycles. The summed E-state index contributed by atoms with van der Waals surface area (Å²) in [6, 6.07) is 13.6. The molecule has 3 rings (SSSR count). The van der Waals surface area contributed by atoms with E-state index in [0.717, 1.165) is 11.1 Å². The largest absolute Gasteiger partial charge is 0.321 e. The Morgan fingerprint density at radius 3 is 2.38 bits per heavy atom. The highest BCUT2D eigenvalue weighted by molar-refractivity contribution is 7.89. The zero-order chi connectivity index (χ0) is 18.6. The van der Waals surface area contributed by atoms with E-state index in [9.17, 15) is 8.42 Å². The van der Waals surface area contributed by atoms with E-state index in [4.69, 9.17) is 0 Å². The van der Waals surface area contributed by atoms with Crippen LogP contribution < -0.4 is 0 Å². The van der Waals surface area contributed by atoms with Gasteiger partial charge in [-0.05, 0) is 30.5 Å². The van der Waals surface area contributed by atoms with Gasteiger partial charge in [0.1, 0.15) is 5.82 Å². The van der Waals surface area contributed by atoms with Crippen molar-refractivity contribution >= 4 is 10.0 Å². The Labute approximate surface area is 154 Å². The Morgan fingerprint density at radius 2 is 1.77 bits per heavy atom. The maximum absolute atomic E-state index is 13.2. The SMILES string of the molecule is Cc1ncc(S(=O)(=O)N(CCc2ccccc2)Cc2cccnc2)n1C. The van der Waals surface area contributed by atoms with Crippen LogP contribution >= 0.6 is 0 Å². The predicted molar refractivity (Wildman–Crippen MR) is 99.9 cm³/mol. The van der Waals surface area contributed by atoms with Gasteiger partial charge in [0, 0.05) is 32.5 Å².